The molecule has 2 aromatic rings. The number of carbonyl (C=O) groups excluding carboxylic acids is 2. The minimum atomic E-state index is -0.117. The molecule has 2 N–H and O–H groups in total. The molecule has 9 heteroatoms. The Bertz CT molecular complexity index is 1100. The first-order valence-corrected chi connectivity index (χ1v) is 11.7. The van der Waals surface area contributed by atoms with E-state index < -0.39 is 0 Å². The number of nitrogens with zero attached hydrogens (tertiary/aromatic N) is 4. The Morgan fingerprint density at radius 1 is 1.09 bits per heavy atom. The molecular formula is C25H31IN6O2. The van der Waals surface area contributed by atoms with Crippen molar-refractivity contribution in [3.05, 3.63) is 59.9 Å². The van der Waals surface area contributed by atoms with E-state index in [0.717, 1.165) is 23.4 Å². The van der Waals surface area contributed by atoms with Crippen molar-refractivity contribution in [1.82, 2.24) is 25.3 Å². The summed E-state index contributed by atoms with van der Waals surface area (Å²) in [4.78, 5) is 31.4. The summed E-state index contributed by atoms with van der Waals surface area (Å²) in [5.74, 6) is 1.01. The van der Waals surface area contributed by atoms with Gasteiger partial charge in [-0.2, -0.15) is 5.10 Å². The maximum absolute atomic E-state index is 12.8. The van der Waals surface area contributed by atoms with E-state index in [0.29, 0.717) is 32.0 Å². The number of hydrogen-bond acceptors (Lipinski definition) is 4. The van der Waals surface area contributed by atoms with E-state index in [-0.39, 0.29) is 59.5 Å². The maximum atomic E-state index is 12.8. The van der Waals surface area contributed by atoms with Crippen LogP contribution in [0.2, 0.25) is 0 Å². The van der Waals surface area contributed by atoms with Gasteiger partial charge in [-0.1, -0.05) is 30.4 Å². The summed E-state index contributed by atoms with van der Waals surface area (Å²) in [5, 5.41) is 11.1. The number of guanidine groups is 1. The summed E-state index contributed by atoms with van der Waals surface area (Å²) < 4.78 is 1.88. The topological polar surface area (TPSA) is 91.6 Å². The first kappa shape index (κ1) is 24.4. The standard InChI is InChI=1S/C25H30N6O2.HI/c1-16-10-13-31(29-16)20-7-4-3-6-19(20)15-28-25(26-2)27-11-5-12-30-23(32)21-17-8-9-18(14-17)22(21)24(30)33;/h3-4,6-10,13,17-18,21-22H,5,11-12,14-15H2,1-2H3,(H2,26,27,28);1H. The Labute approximate surface area is 216 Å². The van der Waals surface area contributed by atoms with Gasteiger partial charge in [0.25, 0.3) is 0 Å². The van der Waals surface area contributed by atoms with Crippen LogP contribution < -0.4 is 10.6 Å². The summed E-state index contributed by atoms with van der Waals surface area (Å²) in [5.41, 5.74) is 3.10. The van der Waals surface area contributed by atoms with Crippen molar-refractivity contribution in [2.75, 3.05) is 20.1 Å². The van der Waals surface area contributed by atoms with Crippen LogP contribution in [0.3, 0.4) is 0 Å². The van der Waals surface area contributed by atoms with Gasteiger partial charge in [-0.25, -0.2) is 4.68 Å². The number of fused-ring (bicyclic) bond motifs is 5. The SMILES string of the molecule is CN=C(NCCCN1C(=O)C2C3C=CC(C3)C2C1=O)NCc1ccccc1-n1ccc(C)n1.I. The summed E-state index contributed by atoms with van der Waals surface area (Å²) in [6.45, 7) is 3.64. The summed E-state index contributed by atoms with van der Waals surface area (Å²) in [7, 11) is 1.73. The van der Waals surface area contributed by atoms with Crippen LogP contribution in [0, 0.1) is 30.6 Å². The highest BCUT2D eigenvalue weighted by Gasteiger charge is 2.58. The number of nitrogens with one attached hydrogen (secondary N) is 2. The molecule has 1 aliphatic heterocycles. The van der Waals surface area contributed by atoms with Gasteiger partial charge in [0, 0.05) is 32.9 Å². The molecule has 2 heterocycles. The van der Waals surface area contributed by atoms with Crippen LogP contribution in [0.25, 0.3) is 5.69 Å². The normalized spacial score (nSPS) is 25.0. The fraction of sp³-hybridized carbons (Fsp3) is 0.440. The molecule has 4 unspecified atom stereocenters. The Balaban J connectivity index is 0.00000274. The summed E-state index contributed by atoms with van der Waals surface area (Å²) in [6.07, 6.45) is 7.86. The van der Waals surface area contributed by atoms with Gasteiger partial charge < -0.3 is 10.6 Å². The molecular weight excluding hydrogens is 543 g/mol. The third kappa shape index (κ3) is 4.49. The molecule has 3 aliphatic rings. The van der Waals surface area contributed by atoms with Crippen LogP contribution >= 0.6 is 24.0 Å². The van der Waals surface area contributed by atoms with Crippen LogP contribution in [0.1, 0.15) is 24.1 Å². The van der Waals surface area contributed by atoms with Crippen LogP contribution in [0.4, 0.5) is 0 Å². The Morgan fingerprint density at radius 3 is 2.44 bits per heavy atom. The number of benzene rings is 1. The minimum Gasteiger partial charge on any atom is -0.356 e. The highest BCUT2D eigenvalue weighted by molar-refractivity contribution is 14.0. The number of hydrogen-bond donors (Lipinski definition) is 2. The van der Waals surface area contributed by atoms with Gasteiger partial charge in [-0.15, -0.1) is 24.0 Å². The average Bonchev–Trinajstić information content (AvgIpc) is 3.60. The summed E-state index contributed by atoms with van der Waals surface area (Å²) >= 11 is 0. The monoisotopic (exact) mass is 574 g/mol. The lowest BCUT2D eigenvalue weighted by Gasteiger charge is -2.18. The van der Waals surface area contributed by atoms with Crippen molar-refractivity contribution in [3.8, 4) is 5.69 Å². The number of amides is 2. The number of aryl methyl sites for hydroxylation is 1. The Morgan fingerprint density at radius 2 is 1.79 bits per heavy atom. The number of rotatable bonds is 7. The van der Waals surface area contributed by atoms with Crippen LogP contribution in [-0.4, -0.2) is 52.6 Å². The Kier molecular flexibility index (Phi) is 7.39. The second kappa shape index (κ2) is 10.3. The molecule has 5 rings (SSSR count). The molecule has 2 aliphatic carbocycles. The highest BCUT2D eigenvalue weighted by atomic mass is 127. The fourth-order valence-corrected chi connectivity index (χ4v) is 5.46. The molecule has 8 nitrogen and oxygen atoms in total. The van der Waals surface area contributed by atoms with Crippen LogP contribution in [-0.2, 0) is 16.1 Å². The number of likely N-dealkylation sites (tertiary alicyclic amines) is 1. The second-order valence-corrected chi connectivity index (χ2v) is 9.06. The fourth-order valence-electron chi connectivity index (χ4n) is 5.46. The molecule has 0 radical (unpaired) electrons. The number of aromatic nitrogens is 2. The van der Waals surface area contributed by atoms with E-state index in [1.165, 1.54) is 4.90 Å². The molecule has 34 heavy (non-hydrogen) atoms. The molecule has 1 aromatic carbocycles. The number of aliphatic imine (C=N–C) groups is 1. The van der Waals surface area contributed by atoms with Crippen LogP contribution in [0.5, 0.6) is 0 Å². The van der Waals surface area contributed by atoms with E-state index in [4.69, 9.17) is 0 Å². The van der Waals surface area contributed by atoms with E-state index in [9.17, 15) is 9.59 Å². The van der Waals surface area contributed by atoms with Crippen LogP contribution in [0.15, 0.2) is 53.7 Å². The highest BCUT2D eigenvalue weighted by Crippen LogP contribution is 2.52. The number of para-hydroxylation sites is 1. The van der Waals surface area contributed by atoms with Crippen molar-refractivity contribution in [3.63, 3.8) is 0 Å². The zero-order valence-corrected chi connectivity index (χ0v) is 21.8. The average molecular weight is 574 g/mol. The van der Waals surface area contributed by atoms with E-state index in [2.05, 4.69) is 38.9 Å². The molecule has 180 valence electrons. The largest absolute Gasteiger partial charge is 0.356 e. The van der Waals surface area contributed by atoms with Gasteiger partial charge in [-0.3, -0.25) is 19.5 Å². The predicted octanol–water partition coefficient (Wildman–Crippen LogP) is 2.66. The summed E-state index contributed by atoms with van der Waals surface area (Å²) in [6, 6.07) is 10.1. The Hall–Kier alpha value is -2.69. The van der Waals surface area contributed by atoms with Gasteiger partial charge in [0.15, 0.2) is 5.96 Å². The molecule has 1 aromatic heterocycles. The van der Waals surface area contributed by atoms with E-state index >= 15 is 0 Å². The van der Waals surface area contributed by atoms with Crippen molar-refractivity contribution in [2.45, 2.75) is 26.3 Å². The molecule has 2 bridgehead atoms. The van der Waals surface area contributed by atoms with Gasteiger partial charge in [-0.05, 0) is 49.3 Å². The van der Waals surface area contributed by atoms with Crippen molar-refractivity contribution < 1.29 is 9.59 Å². The smallest absolute Gasteiger partial charge is 0.233 e. The molecule has 4 atom stereocenters. The van der Waals surface area contributed by atoms with Gasteiger partial charge in [0.05, 0.1) is 23.2 Å². The van der Waals surface area contributed by atoms with Gasteiger partial charge >= 0.3 is 0 Å². The first-order chi connectivity index (χ1) is 16.1. The lowest BCUT2D eigenvalue weighted by Crippen LogP contribution is -2.39. The van der Waals surface area contributed by atoms with Crippen molar-refractivity contribution in [1.29, 1.82) is 0 Å². The van der Waals surface area contributed by atoms with E-state index in [1.807, 2.05) is 42.1 Å². The molecule has 2 fully saturated rings. The predicted molar refractivity (Wildman–Crippen MR) is 141 cm³/mol. The zero-order valence-electron chi connectivity index (χ0n) is 19.5. The minimum absolute atomic E-state index is 0. The zero-order chi connectivity index (χ0) is 22.9. The number of carbonyl (C=O) groups is 2. The maximum Gasteiger partial charge on any atom is 0.233 e. The van der Waals surface area contributed by atoms with Gasteiger partial charge in [0.2, 0.25) is 11.8 Å². The lowest BCUT2D eigenvalue weighted by molar-refractivity contribution is -0.140. The molecule has 0 spiro atoms. The molecule has 2 amide bonds. The van der Waals surface area contributed by atoms with E-state index in [1.54, 1.807) is 7.05 Å². The lowest BCUT2D eigenvalue weighted by atomic mass is 9.85. The quantitative estimate of drug-likeness (QED) is 0.133. The molecule has 1 saturated heterocycles. The van der Waals surface area contributed by atoms with Gasteiger partial charge in [0.1, 0.15) is 0 Å². The number of imide groups is 1. The second-order valence-electron chi connectivity index (χ2n) is 9.06. The molecule has 1 saturated carbocycles. The number of halogens is 1. The number of allylic oxidation sites excluding steroid dienone is 2. The van der Waals surface area contributed by atoms with Crippen molar-refractivity contribution in [2.24, 2.45) is 28.7 Å². The first-order valence-electron chi connectivity index (χ1n) is 11.7. The van der Waals surface area contributed by atoms with Crippen molar-refractivity contribution >= 4 is 41.8 Å². The third-order valence-electron chi connectivity index (χ3n) is 7.04. The third-order valence-corrected chi connectivity index (χ3v) is 7.04.